The minimum Gasteiger partial charge on any atom is -0.384 e. The van der Waals surface area contributed by atoms with Crippen LogP contribution < -0.4 is 10.6 Å². The van der Waals surface area contributed by atoms with E-state index in [1.54, 1.807) is 0 Å². The zero-order valence-corrected chi connectivity index (χ0v) is 18.8. The maximum atomic E-state index is 4.96. The second kappa shape index (κ2) is 11.1. The molecule has 30 heavy (non-hydrogen) atoms. The molecule has 2 aromatic rings. The molecule has 5 heteroatoms. The predicted octanol–water partition coefficient (Wildman–Crippen LogP) is 3.53. The summed E-state index contributed by atoms with van der Waals surface area (Å²) in [6, 6.07) is 8.64. The van der Waals surface area contributed by atoms with Crippen LogP contribution in [-0.4, -0.2) is 73.7 Å². The molecule has 4 rings (SSSR count). The highest BCUT2D eigenvalue weighted by Gasteiger charge is 2.18. The third-order valence-electron chi connectivity index (χ3n) is 6.66. The molecule has 0 spiro atoms. The van der Waals surface area contributed by atoms with Gasteiger partial charge in [-0.15, -0.1) is 0 Å². The molecule has 1 aliphatic heterocycles. The van der Waals surface area contributed by atoms with Crippen molar-refractivity contribution in [3.8, 4) is 0 Å². The summed E-state index contributed by atoms with van der Waals surface area (Å²) in [5, 5.41) is 8.54. The van der Waals surface area contributed by atoms with Crippen LogP contribution in [0.2, 0.25) is 0 Å². The Morgan fingerprint density at radius 1 is 0.900 bits per heavy atom. The summed E-state index contributed by atoms with van der Waals surface area (Å²) in [4.78, 5) is 10.2. The summed E-state index contributed by atoms with van der Waals surface area (Å²) in [5.74, 6) is 0. The van der Waals surface area contributed by atoms with Crippen molar-refractivity contribution in [3.63, 3.8) is 0 Å². The maximum absolute atomic E-state index is 4.96. The molecular weight excluding hydrogens is 370 g/mol. The number of benzene rings is 1. The van der Waals surface area contributed by atoms with Crippen LogP contribution in [0.3, 0.4) is 0 Å². The van der Waals surface area contributed by atoms with Crippen LogP contribution in [0.4, 0.5) is 5.69 Å². The van der Waals surface area contributed by atoms with Crippen molar-refractivity contribution in [1.82, 2.24) is 20.1 Å². The number of aryl methyl sites for hydroxylation is 1. The molecule has 2 heterocycles. The number of nitrogens with zero attached hydrogens (tertiary/aromatic N) is 3. The van der Waals surface area contributed by atoms with E-state index < -0.39 is 0 Å². The molecule has 0 atom stereocenters. The first-order chi connectivity index (χ1) is 14.8. The lowest BCUT2D eigenvalue weighted by molar-refractivity contribution is 0.131. The Morgan fingerprint density at radius 3 is 2.37 bits per heavy atom. The normalized spacial score (nSPS) is 17.9. The van der Waals surface area contributed by atoms with Gasteiger partial charge in [0, 0.05) is 49.5 Å². The Hall–Kier alpha value is -1.69. The van der Waals surface area contributed by atoms with E-state index in [1.165, 1.54) is 93.7 Å². The van der Waals surface area contributed by atoms with E-state index in [4.69, 9.17) is 4.98 Å². The molecular formula is C25H39N5. The van der Waals surface area contributed by atoms with Gasteiger partial charge in [-0.05, 0) is 76.3 Å². The van der Waals surface area contributed by atoms with Crippen molar-refractivity contribution in [2.75, 3.05) is 64.2 Å². The number of aromatic nitrogens is 1. The third-order valence-corrected chi connectivity index (χ3v) is 6.66. The number of fused-ring (bicyclic) bond motifs is 2. The Labute approximate surface area is 182 Å². The van der Waals surface area contributed by atoms with Crippen LogP contribution in [0.1, 0.15) is 43.9 Å². The number of nitrogens with one attached hydrogen (secondary N) is 2. The summed E-state index contributed by atoms with van der Waals surface area (Å²) < 4.78 is 0. The zero-order chi connectivity index (χ0) is 20.6. The number of piperazine rings is 1. The largest absolute Gasteiger partial charge is 0.384 e. The first kappa shape index (κ1) is 21.5. The molecule has 1 aromatic carbocycles. The Morgan fingerprint density at radius 2 is 1.60 bits per heavy atom. The Kier molecular flexibility index (Phi) is 7.95. The SMILES string of the molecule is CCNCCCN1CCN(CCCNc2c3c(nc4ccccc24)CCCC3)CC1. The Balaban J connectivity index is 1.24. The van der Waals surface area contributed by atoms with Crippen molar-refractivity contribution in [3.05, 3.63) is 35.5 Å². The van der Waals surface area contributed by atoms with E-state index in [0.29, 0.717) is 0 Å². The van der Waals surface area contributed by atoms with Crippen LogP contribution >= 0.6 is 0 Å². The molecule has 0 bridgehead atoms. The van der Waals surface area contributed by atoms with Gasteiger partial charge in [0.25, 0.3) is 0 Å². The van der Waals surface area contributed by atoms with Crippen molar-refractivity contribution < 1.29 is 0 Å². The van der Waals surface area contributed by atoms with Gasteiger partial charge >= 0.3 is 0 Å². The van der Waals surface area contributed by atoms with E-state index in [9.17, 15) is 0 Å². The molecule has 0 saturated carbocycles. The Bertz CT molecular complexity index is 797. The van der Waals surface area contributed by atoms with Gasteiger partial charge in [-0.25, -0.2) is 0 Å². The lowest BCUT2D eigenvalue weighted by atomic mass is 9.92. The number of para-hydroxylation sites is 1. The summed E-state index contributed by atoms with van der Waals surface area (Å²) in [7, 11) is 0. The first-order valence-corrected chi connectivity index (χ1v) is 12.1. The van der Waals surface area contributed by atoms with Crippen molar-refractivity contribution in [2.24, 2.45) is 0 Å². The van der Waals surface area contributed by atoms with Gasteiger partial charge in [-0.3, -0.25) is 4.98 Å². The molecule has 2 N–H and O–H groups in total. The van der Waals surface area contributed by atoms with Crippen LogP contribution in [0.15, 0.2) is 24.3 Å². The van der Waals surface area contributed by atoms with Gasteiger partial charge in [0.2, 0.25) is 0 Å². The molecule has 1 aliphatic carbocycles. The van der Waals surface area contributed by atoms with Gasteiger partial charge in [-0.1, -0.05) is 25.1 Å². The van der Waals surface area contributed by atoms with E-state index in [-0.39, 0.29) is 0 Å². The van der Waals surface area contributed by atoms with Gasteiger partial charge in [0.1, 0.15) is 0 Å². The monoisotopic (exact) mass is 409 g/mol. The van der Waals surface area contributed by atoms with Crippen LogP contribution in [0.5, 0.6) is 0 Å². The summed E-state index contributed by atoms with van der Waals surface area (Å²) in [5.41, 5.74) is 5.31. The number of rotatable bonds is 10. The lowest BCUT2D eigenvalue weighted by Gasteiger charge is -2.34. The molecule has 0 radical (unpaired) electrons. The topological polar surface area (TPSA) is 43.4 Å². The van der Waals surface area contributed by atoms with Gasteiger partial charge < -0.3 is 20.4 Å². The molecule has 164 valence electrons. The van der Waals surface area contributed by atoms with Crippen molar-refractivity contribution >= 4 is 16.6 Å². The summed E-state index contributed by atoms with van der Waals surface area (Å²) in [6.07, 6.45) is 7.34. The molecule has 1 fully saturated rings. The lowest BCUT2D eigenvalue weighted by Crippen LogP contribution is -2.47. The highest BCUT2D eigenvalue weighted by atomic mass is 15.3. The van der Waals surface area contributed by atoms with Crippen LogP contribution in [0, 0.1) is 0 Å². The van der Waals surface area contributed by atoms with Crippen LogP contribution in [0.25, 0.3) is 10.9 Å². The van der Waals surface area contributed by atoms with E-state index in [2.05, 4.69) is 51.6 Å². The van der Waals surface area contributed by atoms with Gasteiger partial charge in [-0.2, -0.15) is 0 Å². The zero-order valence-electron chi connectivity index (χ0n) is 18.8. The average molecular weight is 410 g/mol. The maximum Gasteiger partial charge on any atom is 0.0726 e. The van der Waals surface area contributed by atoms with E-state index in [0.717, 1.165) is 31.6 Å². The van der Waals surface area contributed by atoms with E-state index >= 15 is 0 Å². The summed E-state index contributed by atoms with van der Waals surface area (Å²) in [6.45, 7) is 12.8. The second-order valence-corrected chi connectivity index (χ2v) is 8.81. The first-order valence-electron chi connectivity index (χ1n) is 12.1. The summed E-state index contributed by atoms with van der Waals surface area (Å²) >= 11 is 0. The number of hydrogen-bond acceptors (Lipinski definition) is 5. The number of pyridine rings is 1. The standard InChI is InChI=1S/C25H39N5/c1-2-26-13-7-15-29-17-19-30(20-18-29)16-8-14-27-25-21-9-3-5-11-23(21)28-24-12-6-4-10-22(24)25/h3,5,9,11,26H,2,4,6-8,10,12-20H2,1H3,(H,27,28). The fourth-order valence-corrected chi connectivity index (χ4v) is 4.93. The number of hydrogen-bond donors (Lipinski definition) is 2. The molecule has 1 saturated heterocycles. The molecule has 0 unspecified atom stereocenters. The quantitative estimate of drug-likeness (QED) is 0.588. The third kappa shape index (κ3) is 5.51. The molecule has 5 nitrogen and oxygen atoms in total. The van der Waals surface area contributed by atoms with Crippen LogP contribution in [-0.2, 0) is 12.8 Å². The molecule has 1 aromatic heterocycles. The smallest absolute Gasteiger partial charge is 0.0726 e. The average Bonchev–Trinajstić information content (AvgIpc) is 2.79. The van der Waals surface area contributed by atoms with Crippen molar-refractivity contribution in [2.45, 2.75) is 45.4 Å². The van der Waals surface area contributed by atoms with Gasteiger partial charge in [0.15, 0.2) is 0 Å². The predicted molar refractivity (Wildman–Crippen MR) is 128 cm³/mol. The van der Waals surface area contributed by atoms with Gasteiger partial charge in [0.05, 0.1) is 5.52 Å². The second-order valence-electron chi connectivity index (χ2n) is 8.81. The molecule has 0 amide bonds. The highest BCUT2D eigenvalue weighted by Crippen LogP contribution is 2.33. The fourth-order valence-electron chi connectivity index (χ4n) is 4.93. The number of anilines is 1. The minimum atomic E-state index is 1.04. The minimum absolute atomic E-state index is 1.04. The van der Waals surface area contributed by atoms with Crippen molar-refractivity contribution in [1.29, 1.82) is 0 Å². The van der Waals surface area contributed by atoms with E-state index in [1.807, 2.05) is 0 Å². The fraction of sp³-hybridized carbons (Fsp3) is 0.640. The molecule has 2 aliphatic rings. The highest BCUT2D eigenvalue weighted by molar-refractivity contribution is 5.93.